The van der Waals surface area contributed by atoms with Crippen LogP contribution in [0.2, 0.25) is 0 Å². The van der Waals surface area contributed by atoms with Gasteiger partial charge in [-0.3, -0.25) is 14.5 Å². The van der Waals surface area contributed by atoms with Gasteiger partial charge < -0.3 is 15.0 Å². The van der Waals surface area contributed by atoms with Crippen molar-refractivity contribution in [2.45, 2.75) is 26.4 Å². The average Bonchev–Trinajstić information content (AvgIpc) is 2.44. The minimum Gasteiger partial charge on any atom is -0.372 e. The second kappa shape index (κ2) is 8.12. The molecule has 0 bridgehead atoms. The Hall–Kier alpha value is -1.14. The lowest BCUT2D eigenvalue weighted by Crippen LogP contribution is -2.53. The SMILES string of the molecule is CCCNC(=O)CN1CCN(C(=O)C(C)OC)CC1. The number of carbonyl (C=O) groups is 2. The minimum absolute atomic E-state index is 0.0255. The van der Waals surface area contributed by atoms with E-state index in [9.17, 15) is 9.59 Å². The van der Waals surface area contributed by atoms with Crippen LogP contribution in [0.4, 0.5) is 0 Å². The summed E-state index contributed by atoms with van der Waals surface area (Å²) in [5.41, 5.74) is 0. The van der Waals surface area contributed by atoms with Gasteiger partial charge in [-0.15, -0.1) is 0 Å². The van der Waals surface area contributed by atoms with Crippen LogP contribution in [-0.4, -0.2) is 74.1 Å². The highest BCUT2D eigenvalue weighted by Crippen LogP contribution is 2.05. The van der Waals surface area contributed by atoms with Crippen molar-refractivity contribution in [3.8, 4) is 0 Å². The Morgan fingerprint density at radius 1 is 1.26 bits per heavy atom. The van der Waals surface area contributed by atoms with E-state index in [1.807, 2.05) is 6.92 Å². The van der Waals surface area contributed by atoms with E-state index in [1.165, 1.54) is 7.11 Å². The predicted molar refractivity (Wildman–Crippen MR) is 72.8 cm³/mol. The molecule has 0 spiro atoms. The zero-order chi connectivity index (χ0) is 14.3. The van der Waals surface area contributed by atoms with E-state index in [1.54, 1.807) is 11.8 Å². The molecule has 1 rings (SSSR count). The smallest absolute Gasteiger partial charge is 0.251 e. The topological polar surface area (TPSA) is 61.9 Å². The molecule has 1 unspecified atom stereocenters. The summed E-state index contributed by atoms with van der Waals surface area (Å²) < 4.78 is 5.03. The number of nitrogens with one attached hydrogen (secondary N) is 1. The zero-order valence-electron chi connectivity index (χ0n) is 12.1. The summed E-state index contributed by atoms with van der Waals surface area (Å²) in [5.74, 6) is 0.0875. The van der Waals surface area contributed by atoms with Crippen LogP contribution in [0.3, 0.4) is 0 Å². The number of amides is 2. The molecular formula is C13H25N3O3. The molecule has 1 aliphatic rings. The highest BCUT2D eigenvalue weighted by molar-refractivity contribution is 5.81. The fourth-order valence-corrected chi connectivity index (χ4v) is 2.01. The molecule has 0 aromatic rings. The highest BCUT2D eigenvalue weighted by Gasteiger charge is 2.25. The van der Waals surface area contributed by atoms with Gasteiger partial charge in [0.2, 0.25) is 5.91 Å². The van der Waals surface area contributed by atoms with Gasteiger partial charge in [0.25, 0.3) is 5.91 Å². The molecule has 2 amide bonds. The molecule has 0 radical (unpaired) electrons. The van der Waals surface area contributed by atoms with E-state index in [0.29, 0.717) is 19.6 Å². The summed E-state index contributed by atoms with van der Waals surface area (Å²) in [7, 11) is 1.54. The monoisotopic (exact) mass is 271 g/mol. The third-order valence-electron chi connectivity index (χ3n) is 3.32. The standard InChI is InChI=1S/C13H25N3O3/c1-4-5-14-12(17)10-15-6-8-16(9-7-15)13(18)11(2)19-3/h11H,4-10H2,1-3H3,(H,14,17). The number of hydrogen-bond donors (Lipinski definition) is 1. The first-order chi connectivity index (χ1) is 9.08. The summed E-state index contributed by atoms with van der Waals surface area (Å²) >= 11 is 0. The molecule has 0 saturated carbocycles. The maximum atomic E-state index is 11.9. The van der Waals surface area contributed by atoms with E-state index in [0.717, 1.165) is 26.1 Å². The molecule has 1 N–H and O–H groups in total. The first kappa shape index (κ1) is 15.9. The lowest BCUT2D eigenvalue weighted by molar-refractivity contribution is -0.142. The number of hydrogen-bond acceptors (Lipinski definition) is 4. The lowest BCUT2D eigenvalue weighted by atomic mass is 10.2. The van der Waals surface area contributed by atoms with Crippen LogP contribution in [0.15, 0.2) is 0 Å². The van der Waals surface area contributed by atoms with E-state index in [-0.39, 0.29) is 17.9 Å². The predicted octanol–water partition coefficient (Wildman–Crippen LogP) is -0.308. The summed E-state index contributed by atoms with van der Waals surface area (Å²) in [6, 6.07) is 0. The van der Waals surface area contributed by atoms with E-state index in [2.05, 4.69) is 10.2 Å². The summed E-state index contributed by atoms with van der Waals surface area (Å²) in [4.78, 5) is 27.4. The second-order valence-electron chi connectivity index (χ2n) is 4.83. The maximum absolute atomic E-state index is 11.9. The largest absolute Gasteiger partial charge is 0.372 e. The van der Waals surface area contributed by atoms with Crippen LogP contribution >= 0.6 is 0 Å². The Kier molecular flexibility index (Phi) is 6.80. The van der Waals surface area contributed by atoms with Crippen LogP contribution in [0, 0.1) is 0 Å². The molecule has 0 aromatic carbocycles. The number of rotatable bonds is 6. The van der Waals surface area contributed by atoms with Crippen molar-refractivity contribution < 1.29 is 14.3 Å². The van der Waals surface area contributed by atoms with Crippen LogP contribution < -0.4 is 5.32 Å². The van der Waals surface area contributed by atoms with E-state index in [4.69, 9.17) is 4.74 Å². The number of carbonyl (C=O) groups excluding carboxylic acids is 2. The molecule has 110 valence electrons. The summed E-state index contributed by atoms with van der Waals surface area (Å²) in [5, 5.41) is 2.86. The van der Waals surface area contributed by atoms with Crippen LogP contribution in [0.25, 0.3) is 0 Å². The van der Waals surface area contributed by atoms with Gasteiger partial charge in [-0.25, -0.2) is 0 Å². The average molecular weight is 271 g/mol. The Balaban J connectivity index is 2.29. The van der Waals surface area contributed by atoms with Crippen molar-refractivity contribution in [3.05, 3.63) is 0 Å². The Morgan fingerprint density at radius 2 is 1.89 bits per heavy atom. The second-order valence-corrected chi connectivity index (χ2v) is 4.83. The van der Waals surface area contributed by atoms with Gasteiger partial charge in [-0.1, -0.05) is 6.92 Å². The fourth-order valence-electron chi connectivity index (χ4n) is 2.01. The fraction of sp³-hybridized carbons (Fsp3) is 0.846. The van der Waals surface area contributed by atoms with Gasteiger partial charge in [0.15, 0.2) is 0 Å². The Morgan fingerprint density at radius 3 is 2.42 bits per heavy atom. The molecule has 6 nitrogen and oxygen atoms in total. The van der Waals surface area contributed by atoms with Crippen LogP contribution in [-0.2, 0) is 14.3 Å². The highest BCUT2D eigenvalue weighted by atomic mass is 16.5. The zero-order valence-corrected chi connectivity index (χ0v) is 12.1. The molecule has 1 heterocycles. The molecule has 1 fully saturated rings. The van der Waals surface area contributed by atoms with Crippen molar-refractivity contribution in [3.63, 3.8) is 0 Å². The molecule has 1 atom stereocenters. The minimum atomic E-state index is -0.389. The number of piperazine rings is 1. The number of methoxy groups -OCH3 is 1. The number of ether oxygens (including phenoxy) is 1. The molecule has 1 aliphatic heterocycles. The lowest BCUT2D eigenvalue weighted by Gasteiger charge is -2.35. The van der Waals surface area contributed by atoms with Crippen molar-refractivity contribution in [1.82, 2.24) is 15.1 Å². The number of nitrogens with zero attached hydrogens (tertiary/aromatic N) is 2. The van der Waals surface area contributed by atoms with Gasteiger partial charge >= 0.3 is 0 Å². The van der Waals surface area contributed by atoms with E-state index >= 15 is 0 Å². The van der Waals surface area contributed by atoms with E-state index < -0.39 is 0 Å². The molecular weight excluding hydrogens is 246 g/mol. The van der Waals surface area contributed by atoms with Crippen LogP contribution in [0.5, 0.6) is 0 Å². The van der Waals surface area contributed by atoms with Gasteiger partial charge in [-0.05, 0) is 13.3 Å². The quantitative estimate of drug-likeness (QED) is 0.720. The Bertz CT molecular complexity index is 302. The van der Waals surface area contributed by atoms with Crippen LogP contribution in [0.1, 0.15) is 20.3 Å². The van der Waals surface area contributed by atoms with Crippen molar-refractivity contribution in [1.29, 1.82) is 0 Å². The molecule has 0 aromatic heterocycles. The molecule has 1 saturated heterocycles. The van der Waals surface area contributed by atoms with Gasteiger partial charge in [0.1, 0.15) is 6.10 Å². The van der Waals surface area contributed by atoms with Crippen molar-refractivity contribution in [2.24, 2.45) is 0 Å². The van der Waals surface area contributed by atoms with Crippen molar-refractivity contribution >= 4 is 11.8 Å². The van der Waals surface area contributed by atoms with Crippen molar-refractivity contribution in [2.75, 3.05) is 46.4 Å². The first-order valence-corrected chi connectivity index (χ1v) is 6.89. The third-order valence-corrected chi connectivity index (χ3v) is 3.32. The third kappa shape index (κ3) is 5.16. The summed E-state index contributed by atoms with van der Waals surface area (Å²) in [6.45, 7) is 7.73. The molecule has 6 heteroatoms. The van der Waals surface area contributed by atoms with Gasteiger partial charge in [-0.2, -0.15) is 0 Å². The first-order valence-electron chi connectivity index (χ1n) is 6.89. The molecule has 0 aliphatic carbocycles. The molecule has 19 heavy (non-hydrogen) atoms. The van der Waals surface area contributed by atoms with Gasteiger partial charge in [0.05, 0.1) is 6.54 Å². The normalized spacial score (nSPS) is 18.2. The Labute approximate surface area is 115 Å². The van der Waals surface area contributed by atoms with Gasteiger partial charge in [0, 0.05) is 39.8 Å². The maximum Gasteiger partial charge on any atom is 0.251 e. The summed E-state index contributed by atoms with van der Waals surface area (Å²) in [6.07, 6.45) is 0.558.